The van der Waals surface area contributed by atoms with E-state index in [-0.39, 0.29) is 0 Å². The third-order valence-corrected chi connectivity index (χ3v) is 4.54. The largest absolute Gasteiger partial charge is 0.314 e. The lowest BCUT2D eigenvalue weighted by molar-refractivity contribution is 0.266. The first-order valence-electron chi connectivity index (χ1n) is 6.79. The molecule has 2 unspecified atom stereocenters. The Labute approximate surface area is 117 Å². The summed E-state index contributed by atoms with van der Waals surface area (Å²) < 4.78 is 1.06. The molecule has 1 aliphatic carbocycles. The Morgan fingerprint density at radius 3 is 2.89 bits per heavy atom. The topological polar surface area (TPSA) is 28.2 Å². The summed E-state index contributed by atoms with van der Waals surface area (Å²) in [6.45, 7) is 2.32. The molecule has 0 radical (unpaired) electrons. The summed E-state index contributed by atoms with van der Waals surface area (Å²) in [5, 5.41) is 3.67. The molecule has 1 saturated heterocycles. The predicted octanol–water partition coefficient (Wildman–Crippen LogP) is 2.59. The van der Waals surface area contributed by atoms with Crippen LogP contribution < -0.4 is 5.32 Å². The number of halogens is 1. The molecule has 2 atom stereocenters. The molecule has 3 nitrogen and oxygen atoms in total. The van der Waals surface area contributed by atoms with Crippen LogP contribution in [0.25, 0.3) is 0 Å². The molecule has 2 fully saturated rings. The zero-order valence-corrected chi connectivity index (χ0v) is 12.4. The van der Waals surface area contributed by atoms with Crippen LogP contribution in [0.3, 0.4) is 0 Å². The molecule has 1 aromatic rings. The standard InChI is InChI=1S/C14H20BrN3/c1-18-7-6-10(8-16-12-3-4-12)14(18)13-5-2-11(15)9-17-13/h2,5,9-10,12,14,16H,3-4,6-8H2,1H3. The number of nitrogens with zero attached hydrogens (tertiary/aromatic N) is 2. The molecule has 4 heteroatoms. The summed E-state index contributed by atoms with van der Waals surface area (Å²) in [5.74, 6) is 0.698. The quantitative estimate of drug-likeness (QED) is 0.926. The summed E-state index contributed by atoms with van der Waals surface area (Å²) >= 11 is 3.45. The number of aromatic nitrogens is 1. The number of likely N-dealkylation sites (tertiary alicyclic amines) is 1. The first kappa shape index (κ1) is 12.6. The Balaban J connectivity index is 1.71. The molecule has 1 aromatic heterocycles. The van der Waals surface area contributed by atoms with Crippen LogP contribution in [0.2, 0.25) is 0 Å². The monoisotopic (exact) mass is 309 g/mol. The van der Waals surface area contributed by atoms with E-state index in [2.05, 4.69) is 50.3 Å². The van der Waals surface area contributed by atoms with Gasteiger partial charge in [0.2, 0.25) is 0 Å². The second kappa shape index (κ2) is 5.27. The van der Waals surface area contributed by atoms with E-state index < -0.39 is 0 Å². The third kappa shape index (κ3) is 2.76. The first-order valence-corrected chi connectivity index (χ1v) is 7.58. The maximum absolute atomic E-state index is 4.59. The van der Waals surface area contributed by atoms with E-state index in [1.807, 2.05) is 6.20 Å². The van der Waals surface area contributed by atoms with Gasteiger partial charge in [-0.1, -0.05) is 0 Å². The van der Waals surface area contributed by atoms with Gasteiger partial charge < -0.3 is 5.32 Å². The van der Waals surface area contributed by atoms with Crippen molar-refractivity contribution in [3.05, 3.63) is 28.5 Å². The van der Waals surface area contributed by atoms with Crippen molar-refractivity contribution in [3.8, 4) is 0 Å². The molecule has 0 aromatic carbocycles. The molecule has 0 amide bonds. The van der Waals surface area contributed by atoms with Crippen molar-refractivity contribution >= 4 is 15.9 Å². The zero-order valence-electron chi connectivity index (χ0n) is 10.8. The molecular formula is C14H20BrN3. The number of hydrogen-bond donors (Lipinski definition) is 1. The van der Waals surface area contributed by atoms with Gasteiger partial charge in [0.1, 0.15) is 0 Å². The lowest BCUT2D eigenvalue weighted by Crippen LogP contribution is -2.30. The smallest absolute Gasteiger partial charge is 0.0579 e. The van der Waals surface area contributed by atoms with Gasteiger partial charge >= 0.3 is 0 Å². The van der Waals surface area contributed by atoms with E-state index in [0.29, 0.717) is 12.0 Å². The normalized spacial score (nSPS) is 28.8. The minimum Gasteiger partial charge on any atom is -0.314 e. The number of pyridine rings is 1. The Bertz CT molecular complexity index is 402. The molecule has 2 aliphatic rings. The van der Waals surface area contributed by atoms with Gasteiger partial charge in [-0.05, 0) is 66.8 Å². The second-order valence-corrected chi connectivity index (χ2v) is 6.47. The molecule has 1 saturated carbocycles. The summed E-state index contributed by atoms with van der Waals surface area (Å²) in [5.41, 5.74) is 1.21. The van der Waals surface area contributed by atoms with E-state index in [1.165, 1.54) is 31.5 Å². The van der Waals surface area contributed by atoms with Crippen LogP contribution in [0.15, 0.2) is 22.8 Å². The van der Waals surface area contributed by atoms with Crippen molar-refractivity contribution in [1.82, 2.24) is 15.2 Å². The molecule has 98 valence electrons. The van der Waals surface area contributed by atoms with Gasteiger partial charge in [-0.2, -0.15) is 0 Å². The van der Waals surface area contributed by atoms with Crippen molar-refractivity contribution in [2.24, 2.45) is 5.92 Å². The van der Waals surface area contributed by atoms with Gasteiger partial charge in [-0.15, -0.1) is 0 Å². The number of nitrogens with one attached hydrogen (secondary N) is 1. The molecule has 2 heterocycles. The summed E-state index contributed by atoms with van der Waals surface area (Å²) in [6.07, 6.45) is 5.92. The van der Waals surface area contributed by atoms with Gasteiger partial charge in [0.05, 0.1) is 11.7 Å². The van der Waals surface area contributed by atoms with E-state index >= 15 is 0 Å². The molecule has 3 rings (SSSR count). The average Bonchev–Trinajstić information content (AvgIpc) is 3.12. The SMILES string of the molecule is CN1CCC(CNC2CC2)C1c1ccc(Br)cn1. The summed E-state index contributed by atoms with van der Waals surface area (Å²) in [6, 6.07) is 5.53. The Morgan fingerprint density at radius 2 is 2.22 bits per heavy atom. The maximum atomic E-state index is 4.59. The van der Waals surface area contributed by atoms with E-state index in [4.69, 9.17) is 0 Å². The fourth-order valence-corrected chi connectivity index (χ4v) is 3.11. The van der Waals surface area contributed by atoms with Crippen LogP contribution in [0.1, 0.15) is 31.0 Å². The van der Waals surface area contributed by atoms with E-state index in [0.717, 1.165) is 17.1 Å². The van der Waals surface area contributed by atoms with Crippen LogP contribution >= 0.6 is 15.9 Å². The molecule has 1 aliphatic heterocycles. The minimum absolute atomic E-state index is 0.476. The van der Waals surface area contributed by atoms with E-state index in [9.17, 15) is 0 Å². The Morgan fingerprint density at radius 1 is 1.39 bits per heavy atom. The number of hydrogen-bond acceptors (Lipinski definition) is 3. The van der Waals surface area contributed by atoms with Crippen molar-refractivity contribution < 1.29 is 0 Å². The van der Waals surface area contributed by atoms with Gasteiger partial charge in [0.15, 0.2) is 0 Å². The molecule has 1 N–H and O–H groups in total. The summed E-state index contributed by atoms with van der Waals surface area (Å²) in [4.78, 5) is 7.03. The minimum atomic E-state index is 0.476. The third-order valence-electron chi connectivity index (χ3n) is 4.07. The molecule has 18 heavy (non-hydrogen) atoms. The maximum Gasteiger partial charge on any atom is 0.0579 e. The Kier molecular flexibility index (Phi) is 3.68. The van der Waals surface area contributed by atoms with Crippen molar-refractivity contribution in [1.29, 1.82) is 0 Å². The van der Waals surface area contributed by atoms with Crippen LogP contribution in [-0.4, -0.2) is 36.1 Å². The lowest BCUT2D eigenvalue weighted by atomic mass is 9.97. The fourth-order valence-electron chi connectivity index (χ4n) is 2.87. The van der Waals surface area contributed by atoms with Crippen LogP contribution in [-0.2, 0) is 0 Å². The van der Waals surface area contributed by atoms with Gasteiger partial charge in [-0.3, -0.25) is 9.88 Å². The molecule has 0 spiro atoms. The van der Waals surface area contributed by atoms with Crippen LogP contribution in [0, 0.1) is 5.92 Å². The predicted molar refractivity (Wildman–Crippen MR) is 76.4 cm³/mol. The van der Waals surface area contributed by atoms with E-state index in [1.54, 1.807) is 0 Å². The lowest BCUT2D eigenvalue weighted by Gasteiger charge is -2.25. The first-order chi connectivity index (χ1) is 8.74. The molecule has 0 bridgehead atoms. The summed E-state index contributed by atoms with van der Waals surface area (Å²) in [7, 11) is 2.21. The van der Waals surface area contributed by atoms with Crippen molar-refractivity contribution in [2.45, 2.75) is 31.3 Å². The van der Waals surface area contributed by atoms with Crippen molar-refractivity contribution in [3.63, 3.8) is 0 Å². The second-order valence-electron chi connectivity index (χ2n) is 5.56. The van der Waals surface area contributed by atoms with Crippen LogP contribution in [0.5, 0.6) is 0 Å². The van der Waals surface area contributed by atoms with Gasteiger partial charge in [0.25, 0.3) is 0 Å². The zero-order chi connectivity index (χ0) is 12.5. The highest BCUT2D eigenvalue weighted by molar-refractivity contribution is 9.10. The molecular weight excluding hydrogens is 290 g/mol. The van der Waals surface area contributed by atoms with Gasteiger partial charge in [-0.25, -0.2) is 0 Å². The fraction of sp³-hybridized carbons (Fsp3) is 0.643. The highest BCUT2D eigenvalue weighted by Crippen LogP contribution is 2.35. The van der Waals surface area contributed by atoms with Gasteiger partial charge in [0, 0.05) is 23.3 Å². The highest BCUT2D eigenvalue weighted by atomic mass is 79.9. The number of rotatable bonds is 4. The highest BCUT2D eigenvalue weighted by Gasteiger charge is 2.34. The van der Waals surface area contributed by atoms with Crippen LogP contribution in [0.4, 0.5) is 0 Å². The van der Waals surface area contributed by atoms with Crippen molar-refractivity contribution in [2.75, 3.05) is 20.1 Å². The average molecular weight is 310 g/mol. The Hall–Kier alpha value is -0.450.